The zero-order valence-corrected chi connectivity index (χ0v) is 18.4. The van der Waals surface area contributed by atoms with Crippen LogP contribution in [0, 0.1) is 5.92 Å². The molecule has 0 amide bonds. The molecular weight excluding hydrogens is 418 g/mol. The summed E-state index contributed by atoms with van der Waals surface area (Å²) in [6, 6.07) is 8.28. The molecule has 0 saturated carbocycles. The fourth-order valence-corrected chi connectivity index (χ4v) is 5.37. The number of para-hydroxylation sites is 1. The standard InChI is InChI=1S/C18H28ClN3O3S.CH2O2/c1-20(2)26(24,25)13-14-11-22(12-18(14)23)15-7-9-21(10-8-15)17-6-4-3-5-16(17)19;2-1-3/h3-6,14-15,18,23H,7-13H2,1-2H3;1H,(H,2,3)/t14-,18-;/m0./s1. The predicted molar refractivity (Wildman–Crippen MR) is 114 cm³/mol. The van der Waals surface area contributed by atoms with Crippen LogP contribution in [0.1, 0.15) is 12.8 Å². The zero-order valence-electron chi connectivity index (χ0n) is 16.8. The topological polar surface area (TPSA) is 101 Å². The highest BCUT2D eigenvalue weighted by Crippen LogP contribution is 2.31. The van der Waals surface area contributed by atoms with Gasteiger partial charge < -0.3 is 15.1 Å². The highest BCUT2D eigenvalue weighted by Gasteiger charge is 2.38. The van der Waals surface area contributed by atoms with Crippen LogP contribution in [0.25, 0.3) is 0 Å². The minimum atomic E-state index is -3.29. The molecular formula is C19H30ClN3O5S. The van der Waals surface area contributed by atoms with Crippen LogP contribution in [0.5, 0.6) is 0 Å². The Morgan fingerprint density at radius 3 is 2.34 bits per heavy atom. The number of nitrogens with zero attached hydrogens (tertiary/aromatic N) is 3. The van der Waals surface area contributed by atoms with Crippen molar-refractivity contribution in [3.8, 4) is 0 Å². The smallest absolute Gasteiger partial charge is 0.290 e. The summed E-state index contributed by atoms with van der Waals surface area (Å²) in [5, 5.41) is 18.0. The molecule has 0 spiro atoms. The third-order valence-electron chi connectivity index (χ3n) is 5.59. The Balaban J connectivity index is 0.000000941. The fourth-order valence-electron chi connectivity index (χ4n) is 3.95. The van der Waals surface area contributed by atoms with Gasteiger partial charge in [0.15, 0.2) is 0 Å². The molecule has 1 aromatic carbocycles. The molecule has 0 unspecified atom stereocenters. The van der Waals surface area contributed by atoms with Crippen molar-refractivity contribution in [3.63, 3.8) is 0 Å². The Bertz CT molecular complexity index is 769. The van der Waals surface area contributed by atoms with E-state index in [9.17, 15) is 13.5 Å². The molecule has 164 valence electrons. The molecule has 2 aliphatic heterocycles. The number of carboxylic acid groups (broad SMARTS) is 1. The first-order valence-corrected chi connectivity index (χ1v) is 11.6. The SMILES string of the molecule is CN(C)S(=O)(=O)C[C@@H]1CN(C2CCN(c3ccccc3Cl)CC2)C[C@@H]1O.O=CO. The summed E-state index contributed by atoms with van der Waals surface area (Å²) in [7, 11) is -0.213. The third-order valence-corrected chi connectivity index (χ3v) is 7.87. The van der Waals surface area contributed by atoms with E-state index in [1.54, 1.807) is 14.1 Å². The molecule has 8 nitrogen and oxygen atoms in total. The van der Waals surface area contributed by atoms with Crippen LogP contribution in [0.15, 0.2) is 24.3 Å². The molecule has 2 atom stereocenters. The fraction of sp³-hybridized carbons (Fsp3) is 0.632. The predicted octanol–water partition coefficient (Wildman–Crippen LogP) is 1.19. The number of β-amino-alcohol motifs (C(OH)–C–C–N with tert-alkyl or cyclic N) is 1. The number of aliphatic hydroxyl groups excluding tert-OH is 1. The van der Waals surface area contributed by atoms with Crippen molar-refractivity contribution in [1.29, 1.82) is 0 Å². The Hall–Kier alpha value is -1.39. The first-order valence-electron chi connectivity index (χ1n) is 9.59. The molecule has 0 aliphatic carbocycles. The number of rotatable bonds is 5. The maximum atomic E-state index is 12.1. The van der Waals surface area contributed by atoms with Crippen molar-refractivity contribution in [2.24, 2.45) is 5.92 Å². The van der Waals surface area contributed by atoms with Crippen LogP contribution >= 0.6 is 11.6 Å². The van der Waals surface area contributed by atoms with Crippen molar-refractivity contribution in [2.75, 3.05) is 50.9 Å². The largest absolute Gasteiger partial charge is 0.483 e. The lowest BCUT2D eigenvalue weighted by atomic mass is 10.0. The van der Waals surface area contributed by atoms with E-state index < -0.39 is 16.1 Å². The molecule has 0 aromatic heterocycles. The van der Waals surface area contributed by atoms with Gasteiger partial charge in [-0.05, 0) is 25.0 Å². The normalized spacial score (nSPS) is 23.7. The summed E-state index contributed by atoms with van der Waals surface area (Å²) in [4.78, 5) is 12.9. The van der Waals surface area contributed by atoms with Gasteiger partial charge in [0.2, 0.25) is 10.0 Å². The first kappa shape index (κ1) is 23.9. The molecule has 2 heterocycles. The molecule has 3 rings (SSSR count). The van der Waals surface area contributed by atoms with Crippen LogP contribution in [-0.4, -0.2) is 92.5 Å². The van der Waals surface area contributed by atoms with E-state index in [1.807, 2.05) is 24.3 Å². The molecule has 2 N–H and O–H groups in total. The number of hydrogen-bond acceptors (Lipinski definition) is 6. The Morgan fingerprint density at radius 1 is 1.21 bits per heavy atom. The number of halogens is 1. The highest BCUT2D eigenvalue weighted by molar-refractivity contribution is 7.89. The third kappa shape index (κ3) is 6.29. The lowest BCUT2D eigenvalue weighted by molar-refractivity contribution is -0.122. The van der Waals surface area contributed by atoms with Gasteiger partial charge in [0, 0.05) is 52.2 Å². The summed E-state index contributed by atoms with van der Waals surface area (Å²) in [6.45, 7) is 2.79. The molecule has 29 heavy (non-hydrogen) atoms. The minimum Gasteiger partial charge on any atom is -0.483 e. The number of piperidine rings is 1. The number of anilines is 1. The van der Waals surface area contributed by atoms with E-state index in [2.05, 4.69) is 9.80 Å². The monoisotopic (exact) mass is 447 g/mol. The number of aliphatic hydroxyl groups is 1. The molecule has 0 radical (unpaired) electrons. The van der Waals surface area contributed by atoms with Crippen molar-refractivity contribution in [3.05, 3.63) is 29.3 Å². The average Bonchev–Trinajstić information content (AvgIpc) is 3.03. The molecule has 0 bridgehead atoms. The first-order chi connectivity index (χ1) is 13.7. The zero-order chi connectivity index (χ0) is 21.6. The van der Waals surface area contributed by atoms with Gasteiger partial charge in [0.1, 0.15) is 0 Å². The second-order valence-electron chi connectivity index (χ2n) is 7.62. The van der Waals surface area contributed by atoms with Crippen LogP contribution in [0.3, 0.4) is 0 Å². The van der Waals surface area contributed by atoms with Crippen LogP contribution in [0.4, 0.5) is 5.69 Å². The minimum absolute atomic E-state index is 0.0101. The lowest BCUT2D eigenvalue weighted by Crippen LogP contribution is -2.44. The van der Waals surface area contributed by atoms with Gasteiger partial charge >= 0.3 is 0 Å². The maximum absolute atomic E-state index is 12.1. The quantitative estimate of drug-likeness (QED) is 0.654. The van der Waals surface area contributed by atoms with Crippen molar-refractivity contribution >= 4 is 33.8 Å². The average molecular weight is 448 g/mol. The summed E-state index contributed by atoms with van der Waals surface area (Å²) in [5.74, 6) is -0.208. The van der Waals surface area contributed by atoms with Crippen molar-refractivity contribution in [1.82, 2.24) is 9.21 Å². The summed E-state index contributed by atoms with van der Waals surface area (Å²) in [6.07, 6.45) is 1.40. The molecule has 2 aliphatic rings. The van der Waals surface area contributed by atoms with Gasteiger partial charge in [-0.3, -0.25) is 9.69 Å². The summed E-state index contributed by atoms with van der Waals surface area (Å²) < 4.78 is 25.5. The second-order valence-corrected chi connectivity index (χ2v) is 10.3. The molecule has 10 heteroatoms. The van der Waals surface area contributed by atoms with Gasteiger partial charge in [-0.15, -0.1) is 0 Å². The summed E-state index contributed by atoms with van der Waals surface area (Å²) >= 11 is 6.30. The van der Waals surface area contributed by atoms with Crippen LogP contribution in [0.2, 0.25) is 5.02 Å². The Kier molecular flexibility index (Phi) is 8.72. The van der Waals surface area contributed by atoms with Gasteiger partial charge in [-0.25, -0.2) is 12.7 Å². The maximum Gasteiger partial charge on any atom is 0.290 e. The molecule has 1 aromatic rings. The van der Waals surface area contributed by atoms with Gasteiger partial charge in [0.05, 0.1) is 22.6 Å². The second kappa shape index (κ2) is 10.6. The van der Waals surface area contributed by atoms with E-state index in [4.69, 9.17) is 21.5 Å². The van der Waals surface area contributed by atoms with E-state index in [1.165, 1.54) is 4.31 Å². The lowest BCUT2D eigenvalue weighted by Gasteiger charge is -2.38. The highest BCUT2D eigenvalue weighted by atomic mass is 35.5. The summed E-state index contributed by atoms with van der Waals surface area (Å²) in [5.41, 5.74) is 1.07. The molecule has 2 saturated heterocycles. The van der Waals surface area contributed by atoms with Gasteiger partial charge in [-0.2, -0.15) is 0 Å². The Morgan fingerprint density at radius 2 is 1.79 bits per heavy atom. The number of sulfonamides is 1. The van der Waals surface area contributed by atoms with Gasteiger partial charge in [0.25, 0.3) is 6.47 Å². The van der Waals surface area contributed by atoms with E-state index in [0.29, 0.717) is 19.1 Å². The van der Waals surface area contributed by atoms with E-state index in [0.717, 1.165) is 36.6 Å². The Labute approximate surface area is 177 Å². The van der Waals surface area contributed by atoms with Gasteiger partial charge in [-0.1, -0.05) is 23.7 Å². The van der Waals surface area contributed by atoms with Crippen molar-refractivity contribution < 1.29 is 23.4 Å². The van der Waals surface area contributed by atoms with Crippen LogP contribution in [-0.2, 0) is 14.8 Å². The van der Waals surface area contributed by atoms with E-state index >= 15 is 0 Å². The van der Waals surface area contributed by atoms with Crippen molar-refractivity contribution in [2.45, 2.75) is 25.0 Å². The van der Waals surface area contributed by atoms with E-state index in [-0.39, 0.29) is 18.1 Å². The number of likely N-dealkylation sites (tertiary alicyclic amines) is 1. The van der Waals surface area contributed by atoms with Crippen LogP contribution < -0.4 is 4.90 Å². The molecule has 2 fully saturated rings. The number of carbonyl (C=O) groups is 1. The number of benzene rings is 1. The number of hydrogen-bond donors (Lipinski definition) is 2.